The topological polar surface area (TPSA) is 26.3 Å². The summed E-state index contributed by atoms with van der Waals surface area (Å²) in [6, 6.07) is 0. The molecule has 0 radical (unpaired) electrons. The molecule has 0 aliphatic heterocycles. The van der Waals surface area contributed by atoms with Crippen LogP contribution in [-0.2, 0) is 9.09 Å². The predicted molar refractivity (Wildman–Crippen MR) is 57.0 cm³/mol. The molecule has 0 aromatic rings. The summed E-state index contributed by atoms with van der Waals surface area (Å²) >= 11 is 1.45. The largest absolute Gasteiger partial charge is 0.317 e. The Hall–Kier alpha value is 0.280. The van der Waals surface area contributed by atoms with Crippen LogP contribution in [0.25, 0.3) is 0 Å². The fraction of sp³-hybridized carbons (Fsp3) is 0.750. The highest BCUT2D eigenvalue weighted by atomic mass is 32.7. The van der Waals surface area contributed by atoms with E-state index in [9.17, 15) is 4.57 Å². The molecule has 72 valence electrons. The molecule has 0 amide bonds. The van der Waals surface area contributed by atoms with E-state index in [1.807, 2.05) is 6.92 Å². The van der Waals surface area contributed by atoms with Crippen molar-refractivity contribution in [1.29, 1.82) is 0 Å². The van der Waals surface area contributed by atoms with Crippen molar-refractivity contribution in [3.63, 3.8) is 0 Å². The molecule has 1 atom stereocenters. The molecular formula is C8H17O2PS. The Morgan fingerprint density at radius 3 is 2.67 bits per heavy atom. The fourth-order valence-corrected chi connectivity index (χ4v) is 4.19. The lowest BCUT2D eigenvalue weighted by molar-refractivity contribution is 0.367. The smallest absolute Gasteiger partial charge is 0.257 e. The van der Waals surface area contributed by atoms with Gasteiger partial charge in [0.1, 0.15) is 0 Å². The molecular weight excluding hydrogens is 191 g/mol. The van der Waals surface area contributed by atoms with Crippen LogP contribution in [-0.4, -0.2) is 18.5 Å². The Labute approximate surface area is 79.0 Å². The lowest BCUT2D eigenvalue weighted by atomic mass is 10.6. The fourth-order valence-electron chi connectivity index (χ4n) is 0.616. The molecule has 0 fully saturated rings. The first-order valence-corrected chi connectivity index (χ1v) is 7.57. The van der Waals surface area contributed by atoms with Gasteiger partial charge in [0.15, 0.2) is 0 Å². The zero-order valence-electron chi connectivity index (χ0n) is 7.78. The molecule has 12 heavy (non-hydrogen) atoms. The van der Waals surface area contributed by atoms with E-state index in [0.717, 1.165) is 12.2 Å². The second-order valence-corrected chi connectivity index (χ2v) is 7.57. The van der Waals surface area contributed by atoms with Gasteiger partial charge < -0.3 is 4.52 Å². The van der Waals surface area contributed by atoms with Crippen LogP contribution in [0, 0.1) is 0 Å². The third-order valence-electron chi connectivity index (χ3n) is 1.27. The summed E-state index contributed by atoms with van der Waals surface area (Å²) in [5, 5.41) is 0. The van der Waals surface area contributed by atoms with Gasteiger partial charge in [-0.3, -0.25) is 4.57 Å². The monoisotopic (exact) mass is 208 g/mol. The lowest BCUT2D eigenvalue weighted by Crippen LogP contribution is -1.90. The van der Waals surface area contributed by atoms with Crippen molar-refractivity contribution in [2.75, 3.05) is 18.5 Å². The van der Waals surface area contributed by atoms with Crippen LogP contribution in [0.15, 0.2) is 12.7 Å². The summed E-state index contributed by atoms with van der Waals surface area (Å²) in [6.45, 7) is 5.49. The van der Waals surface area contributed by atoms with Gasteiger partial charge >= 0.3 is 0 Å². The van der Waals surface area contributed by atoms with Gasteiger partial charge in [-0.25, -0.2) is 0 Å². The van der Waals surface area contributed by atoms with Crippen molar-refractivity contribution in [2.45, 2.75) is 20.3 Å². The van der Waals surface area contributed by atoms with E-state index in [2.05, 4.69) is 13.5 Å². The van der Waals surface area contributed by atoms with Gasteiger partial charge in [0.25, 0.3) is 6.57 Å². The quantitative estimate of drug-likeness (QED) is 0.473. The first-order chi connectivity index (χ1) is 5.68. The molecule has 4 heteroatoms. The molecule has 0 rings (SSSR count). The van der Waals surface area contributed by atoms with Gasteiger partial charge in [-0.1, -0.05) is 31.3 Å². The highest BCUT2D eigenvalue weighted by Crippen LogP contribution is 2.59. The summed E-state index contributed by atoms with van der Waals surface area (Å²) in [6.07, 6.45) is 3.27. The number of rotatable bonds is 7. The van der Waals surface area contributed by atoms with Crippen molar-refractivity contribution in [3.8, 4) is 0 Å². The van der Waals surface area contributed by atoms with E-state index in [-0.39, 0.29) is 0 Å². The van der Waals surface area contributed by atoms with E-state index in [4.69, 9.17) is 4.52 Å². The summed E-state index contributed by atoms with van der Waals surface area (Å²) in [5.74, 6) is 0.905. The Bertz CT molecular complexity index is 170. The molecule has 1 unspecified atom stereocenters. The standard InChI is InChI=1S/C8H17O2PS/c1-4-7-10-11(9,6-3)12-8-5-2/h4H,1,5-8H2,2-3H3. The maximum absolute atomic E-state index is 11.8. The molecule has 0 N–H and O–H groups in total. The Balaban J connectivity index is 3.87. The highest BCUT2D eigenvalue weighted by molar-refractivity contribution is 8.56. The van der Waals surface area contributed by atoms with Crippen LogP contribution in [0.5, 0.6) is 0 Å². The van der Waals surface area contributed by atoms with Gasteiger partial charge in [-0.05, 0) is 6.42 Å². The maximum atomic E-state index is 11.8. The summed E-state index contributed by atoms with van der Waals surface area (Å²) in [5.41, 5.74) is 0. The number of hydrogen-bond donors (Lipinski definition) is 0. The molecule has 0 aliphatic rings. The van der Waals surface area contributed by atoms with E-state index < -0.39 is 6.57 Å². The van der Waals surface area contributed by atoms with Gasteiger partial charge in [0.2, 0.25) is 0 Å². The average molecular weight is 208 g/mol. The first-order valence-electron chi connectivity index (χ1n) is 4.17. The molecule has 0 aromatic heterocycles. The minimum atomic E-state index is -2.39. The van der Waals surface area contributed by atoms with E-state index in [1.54, 1.807) is 6.08 Å². The molecule has 0 saturated heterocycles. The second-order valence-electron chi connectivity index (χ2n) is 2.34. The minimum Gasteiger partial charge on any atom is -0.317 e. The van der Waals surface area contributed by atoms with Gasteiger partial charge in [0.05, 0.1) is 6.61 Å². The first kappa shape index (κ1) is 12.3. The van der Waals surface area contributed by atoms with E-state index in [1.165, 1.54) is 11.4 Å². The van der Waals surface area contributed by atoms with Crippen LogP contribution < -0.4 is 0 Å². The minimum absolute atomic E-state index is 0.391. The molecule has 0 spiro atoms. The average Bonchev–Trinajstić information content (AvgIpc) is 2.11. The Morgan fingerprint density at radius 2 is 2.25 bits per heavy atom. The molecule has 0 saturated carbocycles. The predicted octanol–water partition coefficient (Wildman–Crippen LogP) is 3.55. The Morgan fingerprint density at radius 1 is 1.58 bits per heavy atom. The van der Waals surface area contributed by atoms with Crippen molar-refractivity contribution in [3.05, 3.63) is 12.7 Å². The molecule has 2 nitrogen and oxygen atoms in total. The number of hydrogen-bond acceptors (Lipinski definition) is 3. The van der Waals surface area contributed by atoms with Crippen molar-refractivity contribution >= 4 is 18.0 Å². The Kier molecular flexibility index (Phi) is 6.92. The summed E-state index contributed by atoms with van der Waals surface area (Å²) in [7, 11) is 0. The molecule has 0 aliphatic carbocycles. The SMILES string of the molecule is C=CCOP(=O)(CC)SCCC. The van der Waals surface area contributed by atoms with Gasteiger partial charge in [-0.2, -0.15) is 0 Å². The van der Waals surface area contributed by atoms with Gasteiger partial charge in [0, 0.05) is 11.9 Å². The van der Waals surface area contributed by atoms with Crippen molar-refractivity contribution < 1.29 is 9.09 Å². The van der Waals surface area contributed by atoms with E-state index >= 15 is 0 Å². The second kappa shape index (κ2) is 6.76. The third-order valence-corrected chi connectivity index (χ3v) is 6.39. The normalized spacial score (nSPS) is 15.5. The summed E-state index contributed by atoms with van der Waals surface area (Å²) in [4.78, 5) is 0. The third kappa shape index (κ3) is 5.02. The van der Waals surface area contributed by atoms with Crippen LogP contribution >= 0.6 is 18.0 Å². The van der Waals surface area contributed by atoms with Crippen LogP contribution in [0.1, 0.15) is 20.3 Å². The van der Waals surface area contributed by atoms with Gasteiger partial charge in [-0.15, -0.1) is 6.58 Å². The van der Waals surface area contributed by atoms with Crippen LogP contribution in [0.2, 0.25) is 0 Å². The molecule has 0 bridgehead atoms. The van der Waals surface area contributed by atoms with E-state index in [0.29, 0.717) is 12.8 Å². The van der Waals surface area contributed by atoms with Crippen molar-refractivity contribution in [1.82, 2.24) is 0 Å². The van der Waals surface area contributed by atoms with Crippen LogP contribution in [0.3, 0.4) is 0 Å². The lowest BCUT2D eigenvalue weighted by Gasteiger charge is -2.14. The molecule has 0 aromatic carbocycles. The highest BCUT2D eigenvalue weighted by Gasteiger charge is 2.19. The maximum Gasteiger partial charge on any atom is 0.257 e. The zero-order chi connectivity index (χ0) is 9.45. The summed E-state index contributed by atoms with van der Waals surface area (Å²) < 4.78 is 17.0. The van der Waals surface area contributed by atoms with Crippen LogP contribution in [0.4, 0.5) is 0 Å². The zero-order valence-corrected chi connectivity index (χ0v) is 9.50. The molecule has 0 heterocycles. The van der Waals surface area contributed by atoms with Crippen molar-refractivity contribution in [2.24, 2.45) is 0 Å².